The predicted molar refractivity (Wildman–Crippen MR) is 113 cm³/mol. The molecule has 1 aliphatic heterocycles. The molecule has 1 fully saturated rings. The minimum atomic E-state index is 0. The van der Waals surface area contributed by atoms with Gasteiger partial charge in [-0.05, 0) is 24.6 Å². The van der Waals surface area contributed by atoms with Gasteiger partial charge >= 0.3 is 0 Å². The van der Waals surface area contributed by atoms with E-state index in [9.17, 15) is 0 Å². The van der Waals surface area contributed by atoms with E-state index in [2.05, 4.69) is 55.1 Å². The lowest BCUT2D eigenvalue weighted by atomic mass is 10.1. The van der Waals surface area contributed by atoms with Crippen LogP contribution >= 0.6 is 12.4 Å². The van der Waals surface area contributed by atoms with Gasteiger partial charge in [-0.3, -0.25) is 0 Å². The number of hydrogen-bond donors (Lipinski definition) is 0. The number of halogens is 1. The van der Waals surface area contributed by atoms with E-state index in [1.165, 1.54) is 0 Å². The number of nitrogens with zero attached hydrogens (tertiary/aromatic N) is 6. The number of anilines is 2. The second kappa shape index (κ2) is 10.5. The fourth-order valence-corrected chi connectivity index (χ4v) is 3.11. The molecule has 4 rings (SSSR count). The predicted octanol–water partition coefficient (Wildman–Crippen LogP) is 1.34. The second-order valence-corrected chi connectivity index (χ2v) is 6.13. The van der Waals surface area contributed by atoms with Crippen molar-refractivity contribution in [3.8, 4) is 11.3 Å². The normalized spacial score (nSPS) is 13.0. The molecule has 0 saturated carbocycles. The molecule has 0 bridgehead atoms. The van der Waals surface area contributed by atoms with Crippen LogP contribution in [0, 0.1) is 6.92 Å². The Morgan fingerprint density at radius 1 is 0.786 bits per heavy atom. The lowest BCUT2D eigenvalue weighted by Crippen LogP contribution is -2.47. The van der Waals surface area contributed by atoms with Gasteiger partial charge in [0.25, 0.3) is 0 Å². The van der Waals surface area contributed by atoms with Gasteiger partial charge in [0.15, 0.2) is 5.82 Å². The van der Waals surface area contributed by atoms with Crippen LogP contribution in [0.5, 0.6) is 0 Å². The van der Waals surface area contributed by atoms with Gasteiger partial charge < -0.3 is 20.8 Å². The summed E-state index contributed by atoms with van der Waals surface area (Å²) in [7, 11) is 0. The monoisotopic (exact) mass is 404 g/mol. The maximum absolute atomic E-state index is 4.50. The van der Waals surface area contributed by atoms with E-state index in [0.717, 1.165) is 54.8 Å². The summed E-state index contributed by atoms with van der Waals surface area (Å²) in [6, 6.07) is 14.1. The van der Waals surface area contributed by atoms with Gasteiger partial charge in [-0.1, -0.05) is 30.3 Å². The van der Waals surface area contributed by atoms with Gasteiger partial charge in [0, 0.05) is 44.1 Å². The summed E-state index contributed by atoms with van der Waals surface area (Å²) in [6.45, 7) is 5.64. The maximum atomic E-state index is 4.50. The molecule has 3 aromatic rings. The van der Waals surface area contributed by atoms with Crippen LogP contribution in [0.1, 0.15) is 5.56 Å². The molecule has 1 aliphatic rings. The minimum Gasteiger partial charge on any atom is -0.412 e. The van der Waals surface area contributed by atoms with Crippen LogP contribution in [0.15, 0.2) is 54.9 Å². The van der Waals surface area contributed by atoms with Crippen molar-refractivity contribution in [3.05, 3.63) is 60.4 Å². The van der Waals surface area contributed by atoms with Crippen molar-refractivity contribution in [1.82, 2.24) is 20.2 Å². The third-order valence-corrected chi connectivity index (χ3v) is 4.44. The summed E-state index contributed by atoms with van der Waals surface area (Å²) in [6.07, 6.45) is 3.57. The number of benzene rings is 1. The molecule has 4 N–H and O–H groups in total. The van der Waals surface area contributed by atoms with Crippen molar-refractivity contribution >= 4 is 24.2 Å². The minimum absolute atomic E-state index is 0. The smallest absolute Gasteiger partial charge is 0.225 e. The fraction of sp³-hybridized carbons (Fsp3) is 0.263. The van der Waals surface area contributed by atoms with Crippen molar-refractivity contribution < 1.29 is 11.0 Å². The fourth-order valence-electron chi connectivity index (χ4n) is 3.11. The van der Waals surface area contributed by atoms with E-state index in [0.29, 0.717) is 0 Å². The molecule has 0 spiro atoms. The van der Waals surface area contributed by atoms with Crippen LogP contribution in [0.2, 0.25) is 0 Å². The summed E-state index contributed by atoms with van der Waals surface area (Å²) in [5.41, 5.74) is 3.16. The van der Waals surface area contributed by atoms with Gasteiger partial charge in [-0.15, -0.1) is 22.6 Å². The molecule has 1 aromatic carbocycles. The number of hydrogen-bond acceptors (Lipinski definition) is 6. The van der Waals surface area contributed by atoms with E-state index in [4.69, 9.17) is 0 Å². The highest BCUT2D eigenvalue weighted by Gasteiger charge is 2.21. The van der Waals surface area contributed by atoms with Gasteiger partial charge in [-0.25, -0.2) is 9.97 Å². The van der Waals surface area contributed by atoms with Crippen molar-refractivity contribution in [2.75, 3.05) is 36.0 Å². The van der Waals surface area contributed by atoms with Crippen LogP contribution < -0.4 is 9.80 Å². The van der Waals surface area contributed by atoms with Gasteiger partial charge in [0.2, 0.25) is 5.95 Å². The Labute approximate surface area is 170 Å². The molecule has 2 aromatic heterocycles. The SMILES string of the molecule is Cc1cc(-c2ccccc2)nnc1N1CCN(c2ncccn2)CC1.Cl.O.O. The molecule has 3 heterocycles. The lowest BCUT2D eigenvalue weighted by Gasteiger charge is -2.35. The zero-order chi connectivity index (χ0) is 17.1. The number of rotatable bonds is 3. The first-order valence-electron chi connectivity index (χ1n) is 8.48. The highest BCUT2D eigenvalue weighted by Crippen LogP contribution is 2.23. The molecule has 0 unspecified atom stereocenters. The van der Waals surface area contributed by atoms with E-state index >= 15 is 0 Å². The Kier molecular flexibility index (Phi) is 8.72. The van der Waals surface area contributed by atoms with E-state index in [1.807, 2.05) is 24.3 Å². The van der Waals surface area contributed by atoms with Crippen molar-refractivity contribution in [3.63, 3.8) is 0 Å². The summed E-state index contributed by atoms with van der Waals surface area (Å²) in [5, 5.41) is 8.93. The molecule has 1 saturated heterocycles. The van der Waals surface area contributed by atoms with Crippen LogP contribution in [-0.2, 0) is 0 Å². The van der Waals surface area contributed by atoms with Gasteiger partial charge in [0.1, 0.15) is 0 Å². The highest BCUT2D eigenvalue weighted by atomic mass is 35.5. The summed E-state index contributed by atoms with van der Waals surface area (Å²) in [5.74, 6) is 1.76. The number of aromatic nitrogens is 4. The molecular formula is C19H25ClN6O2. The van der Waals surface area contributed by atoms with Crippen molar-refractivity contribution in [1.29, 1.82) is 0 Å². The Balaban J connectivity index is 0.00000131. The van der Waals surface area contributed by atoms with E-state index in [1.54, 1.807) is 12.4 Å². The molecule has 0 radical (unpaired) electrons. The third kappa shape index (κ3) is 4.92. The Morgan fingerprint density at radius 3 is 2.00 bits per heavy atom. The summed E-state index contributed by atoms with van der Waals surface area (Å²) in [4.78, 5) is 13.2. The Hall–Kier alpha value is -2.81. The first-order chi connectivity index (χ1) is 12.3. The third-order valence-electron chi connectivity index (χ3n) is 4.44. The molecule has 0 amide bonds. The Bertz CT molecular complexity index is 846. The highest BCUT2D eigenvalue weighted by molar-refractivity contribution is 5.85. The summed E-state index contributed by atoms with van der Waals surface area (Å²) < 4.78 is 0. The van der Waals surface area contributed by atoms with E-state index in [-0.39, 0.29) is 23.4 Å². The zero-order valence-corrected chi connectivity index (χ0v) is 16.4. The van der Waals surface area contributed by atoms with Crippen LogP contribution in [0.4, 0.5) is 11.8 Å². The molecule has 28 heavy (non-hydrogen) atoms. The number of aryl methyl sites for hydroxylation is 1. The van der Waals surface area contributed by atoms with Crippen LogP contribution in [0.3, 0.4) is 0 Å². The average Bonchev–Trinajstić information content (AvgIpc) is 2.69. The first kappa shape index (κ1) is 23.2. The standard InChI is InChI=1S/C19H20N6.ClH.2H2O/c1-15-14-17(16-6-3-2-4-7-16)22-23-18(15)24-10-12-25(13-11-24)19-20-8-5-9-21-19;;;/h2-9,14H,10-13H2,1H3;1H;2*1H2. The van der Waals surface area contributed by atoms with E-state index < -0.39 is 0 Å². The second-order valence-electron chi connectivity index (χ2n) is 6.13. The molecule has 150 valence electrons. The molecule has 0 atom stereocenters. The van der Waals surface area contributed by atoms with Gasteiger partial charge in [-0.2, -0.15) is 0 Å². The quantitative estimate of drug-likeness (QED) is 0.649. The largest absolute Gasteiger partial charge is 0.412 e. The maximum Gasteiger partial charge on any atom is 0.225 e. The topological polar surface area (TPSA) is 121 Å². The van der Waals surface area contributed by atoms with Crippen LogP contribution in [0.25, 0.3) is 11.3 Å². The van der Waals surface area contributed by atoms with Crippen molar-refractivity contribution in [2.24, 2.45) is 0 Å². The average molecular weight is 405 g/mol. The van der Waals surface area contributed by atoms with Gasteiger partial charge in [0.05, 0.1) is 5.69 Å². The first-order valence-corrected chi connectivity index (χ1v) is 8.48. The number of piperazine rings is 1. The molecule has 0 aliphatic carbocycles. The zero-order valence-electron chi connectivity index (χ0n) is 15.6. The molecule has 8 nitrogen and oxygen atoms in total. The van der Waals surface area contributed by atoms with Crippen molar-refractivity contribution in [2.45, 2.75) is 6.92 Å². The van der Waals surface area contributed by atoms with Crippen LogP contribution in [-0.4, -0.2) is 57.3 Å². The molecular weight excluding hydrogens is 380 g/mol. The summed E-state index contributed by atoms with van der Waals surface area (Å²) >= 11 is 0. The lowest BCUT2D eigenvalue weighted by molar-refractivity contribution is 0.630. The Morgan fingerprint density at radius 2 is 1.39 bits per heavy atom. The molecule has 9 heteroatoms.